The van der Waals surface area contributed by atoms with Crippen LogP contribution in [0.1, 0.15) is 60.9 Å². The lowest BCUT2D eigenvalue weighted by Crippen LogP contribution is -2.18. The Hall–Kier alpha value is -2.47. The van der Waals surface area contributed by atoms with E-state index in [0.717, 1.165) is 19.3 Å². The highest BCUT2D eigenvalue weighted by Crippen LogP contribution is 2.34. The van der Waals surface area contributed by atoms with Crippen molar-refractivity contribution in [3.05, 3.63) is 41.5 Å². The van der Waals surface area contributed by atoms with Gasteiger partial charge in [-0.3, -0.25) is 14.4 Å². The van der Waals surface area contributed by atoms with E-state index in [9.17, 15) is 19.5 Å². The fourth-order valence-corrected chi connectivity index (χ4v) is 3.67. The number of hydrogen-bond acceptors (Lipinski definition) is 4. The first-order chi connectivity index (χ1) is 12.9. The van der Waals surface area contributed by atoms with Crippen molar-refractivity contribution in [1.29, 1.82) is 0 Å². The zero-order valence-corrected chi connectivity index (χ0v) is 15.3. The number of hydrogen-bond donors (Lipinski definition) is 3. The molecule has 0 saturated heterocycles. The summed E-state index contributed by atoms with van der Waals surface area (Å²) in [6.45, 7) is 0. The summed E-state index contributed by atoms with van der Waals surface area (Å²) in [5.74, 6) is -1.76. The van der Waals surface area contributed by atoms with E-state index >= 15 is 0 Å². The number of rotatable bonds is 10. The van der Waals surface area contributed by atoms with Crippen LogP contribution in [-0.4, -0.2) is 34.0 Å². The number of carbonyl (C=O) groups excluding carboxylic acids is 2. The van der Waals surface area contributed by atoms with Gasteiger partial charge in [0.05, 0.1) is 6.10 Å². The molecular formula is C21H27NO5. The molecule has 0 aliphatic heterocycles. The maximum absolute atomic E-state index is 12.2. The topological polar surface area (TPSA) is 118 Å². The molecule has 3 unspecified atom stereocenters. The molecule has 1 aliphatic carbocycles. The summed E-state index contributed by atoms with van der Waals surface area (Å²) in [7, 11) is 0. The lowest BCUT2D eigenvalue weighted by molar-refractivity contribution is -0.137. The highest BCUT2D eigenvalue weighted by Gasteiger charge is 2.39. The molecule has 1 amide bonds. The van der Waals surface area contributed by atoms with Crippen molar-refractivity contribution >= 4 is 23.7 Å². The SMILES string of the molecule is NC(=O)c1ccccc1/C=C/C1C(O)CC(=O)C1CCCCCCC(=O)O. The zero-order chi connectivity index (χ0) is 19.8. The van der Waals surface area contributed by atoms with Gasteiger partial charge in [-0.05, 0) is 24.5 Å². The molecule has 1 aromatic rings. The fourth-order valence-electron chi connectivity index (χ4n) is 3.67. The maximum atomic E-state index is 12.2. The molecule has 6 nitrogen and oxygen atoms in total. The number of carbonyl (C=O) groups is 3. The third-order valence-corrected chi connectivity index (χ3v) is 5.11. The molecule has 0 heterocycles. The van der Waals surface area contributed by atoms with Crippen LogP contribution >= 0.6 is 0 Å². The summed E-state index contributed by atoms with van der Waals surface area (Å²) in [5.41, 5.74) is 6.46. The van der Waals surface area contributed by atoms with Crippen molar-refractivity contribution in [3.63, 3.8) is 0 Å². The van der Waals surface area contributed by atoms with Gasteiger partial charge >= 0.3 is 5.97 Å². The Morgan fingerprint density at radius 2 is 1.85 bits per heavy atom. The molecule has 0 aromatic heterocycles. The first kappa shape index (κ1) is 20.8. The minimum atomic E-state index is -0.787. The average Bonchev–Trinajstić information content (AvgIpc) is 2.89. The Morgan fingerprint density at radius 1 is 1.15 bits per heavy atom. The molecule has 0 bridgehead atoms. The molecule has 4 N–H and O–H groups in total. The number of carboxylic acid groups (broad SMARTS) is 1. The second-order valence-corrected chi connectivity index (χ2v) is 7.08. The second-order valence-electron chi connectivity index (χ2n) is 7.08. The van der Waals surface area contributed by atoms with E-state index in [1.807, 2.05) is 6.08 Å². The monoisotopic (exact) mass is 373 g/mol. The third kappa shape index (κ3) is 6.03. The van der Waals surface area contributed by atoms with Gasteiger partial charge in [0.1, 0.15) is 5.78 Å². The van der Waals surface area contributed by atoms with Crippen LogP contribution in [0.25, 0.3) is 6.08 Å². The molecule has 1 aromatic carbocycles. The molecule has 0 spiro atoms. The van der Waals surface area contributed by atoms with Gasteiger partial charge in [0, 0.05) is 30.2 Å². The molecule has 6 heteroatoms. The smallest absolute Gasteiger partial charge is 0.303 e. The molecule has 1 fully saturated rings. The van der Waals surface area contributed by atoms with Crippen molar-refractivity contribution < 1.29 is 24.6 Å². The molecule has 2 rings (SSSR count). The van der Waals surface area contributed by atoms with Crippen molar-refractivity contribution in [3.8, 4) is 0 Å². The van der Waals surface area contributed by atoms with E-state index in [4.69, 9.17) is 10.8 Å². The van der Waals surface area contributed by atoms with E-state index in [1.165, 1.54) is 0 Å². The lowest BCUT2D eigenvalue weighted by Gasteiger charge is -2.17. The molecule has 1 saturated carbocycles. The summed E-state index contributed by atoms with van der Waals surface area (Å²) in [4.78, 5) is 34.3. The molecule has 27 heavy (non-hydrogen) atoms. The van der Waals surface area contributed by atoms with Gasteiger partial charge in [0.25, 0.3) is 0 Å². The number of aliphatic hydroxyl groups excluding tert-OH is 1. The van der Waals surface area contributed by atoms with E-state index in [2.05, 4.69) is 0 Å². The highest BCUT2D eigenvalue weighted by molar-refractivity contribution is 5.96. The minimum Gasteiger partial charge on any atom is -0.481 e. The largest absolute Gasteiger partial charge is 0.481 e. The van der Waals surface area contributed by atoms with Crippen LogP contribution in [0.5, 0.6) is 0 Å². The number of amides is 1. The highest BCUT2D eigenvalue weighted by atomic mass is 16.4. The van der Waals surface area contributed by atoms with Crippen LogP contribution in [-0.2, 0) is 9.59 Å². The van der Waals surface area contributed by atoms with Gasteiger partial charge in [-0.15, -0.1) is 0 Å². The van der Waals surface area contributed by atoms with Crippen LogP contribution in [0.2, 0.25) is 0 Å². The average molecular weight is 373 g/mol. The van der Waals surface area contributed by atoms with Gasteiger partial charge in [-0.2, -0.15) is 0 Å². The Bertz CT molecular complexity index is 712. The fraction of sp³-hybridized carbons (Fsp3) is 0.476. The summed E-state index contributed by atoms with van der Waals surface area (Å²) < 4.78 is 0. The number of ketones is 1. The van der Waals surface area contributed by atoms with E-state index in [-0.39, 0.29) is 30.5 Å². The minimum absolute atomic E-state index is 0.0610. The lowest BCUT2D eigenvalue weighted by atomic mass is 9.88. The van der Waals surface area contributed by atoms with Crippen LogP contribution in [0.15, 0.2) is 30.3 Å². The quantitative estimate of drug-likeness (QED) is 0.545. The van der Waals surface area contributed by atoms with Gasteiger partial charge in [-0.1, -0.05) is 49.6 Å². The van der Waals surface area contributed by atoms with Crippen molar-refractivity contribution in [1.82, 2.24) is 0 Å². The van der Waals surface area contributed by atoms with Crippen LogP contribution in [0.3, 0.4) is 0 Å². The first-order valence-corrected chi connectivity index (χ1v) is 9.39. The van der Waals surface area contributed by atoms with Gasteiger partial charge < -0.3 is 15.9 Å². The first-order valence-electron chi connectivity index (χ1n) is 9.39. The van der Waals surface area contributed by atoms with E-state index < -0.39 is 18.0 Å². The number of primary amides is 1. The zero-order valence-electron chi connectivity index (χ0n) is 15.3. The number of Topliss-reactive ketones (excluding diaryl/α,β-unsaturated/α-hetero) is 1. The number of carboxylic acids is 1. The van der Waals surface area contributed by atoms with Crippen molar-refractivity contribution in [2.45, 2.75) is 51.0 Å². The number of benzene rings is 1. The van der Waals surface area contributed by atoms with E-state index in [1.54, 1.807) is 30.3 Å². The number of nitrogens with two attached hydrogens (primary N) is 1. The van der Waals surface area contributed by atoms with Gasteiger partial charge in [0.15, 0.2) is 0 Å². The summed E-state index contributed by atoms with van der Waals surface area (Å²) >= 11 is 0. The number of aliphatic carboxylic acids is 1. The molecule has 0 radical (unpaired) electrons. The van der Waals surface area contributed by atoms with Crippen LogP contribution < -0.4 is 5.73 Å². The standard InChI is InChI=1S/C21H27NO5/c22-21(27)15-8-6-5-7-14(15)11-12-17-16(18(23)13-19(17)24)9-3-1-2-4-10-20(25)26/h5-8,11-12,16-17,19,24H,1-4,9-10,13H2,(H2,22,27)(H,25,26)/b12-11+. The van der Waals surface area contributed by atoms with E-state index in [0.29, 0.717) is 24.0 Å². The normalized spacial score (nSPS) is 22.4. The number of aliphatic hydroxyl groups is 1. The summed E-state index contributed by atoms with van der Waals surface area (Å²) in [6, 6.07) is 6.96. The predicted molar refractivity (Wildman–Crippen MR) is 102 cm³/mol. The second kappa shape index (κ2) is 10.0. The van der Waals surface area contributed by atoms with Crippen molar-refractivity contribution in [2.24, 2.45) is 17.6 Å². The molecule has 3 atom stereocenters. The van der Waals surface area contributed by atoms with Gasteiger partial charge in [-0.25, -0.2) is 0 Å². The molecular weight excluding hydrogens is 346 g/mol. The maximum Gasteiger partial charge on any atom is 0.303 e. The Balaban J connectivity index is 1.96. The Labute approximate surface area is 159 Å². The van der Waals surface area contributed by atoms with Crippen LogP contribution in [0, 0.1) is 11.8 Å². The van der Waals surface area contributed by atoms with Crippen molar-refractivity contribution in [2.75, 3.05) is 0 Å². The molecule has 146 valence electrons. The van der Waals surface area contributed by atoms with Crippen LogP contribution in [0.4, 0.5) is 0 Å². The Kier molecular flexibility index (Phi) is 7.73. The predicted octanol–water partition coefficient (Wildman–Crippen LogP) is 2.79. The summed E-state index contributed by atoms with van der Waals surface area (Å²) in [5, 5.41) is 18.9. The number of unbranched alkanes of at least 4 members (excludes halogenated alkanes) is 3. The molecule has 1 aliphatic rings. The Morgan fingerprint density at radius 3 is 2.56 bits per heavy atom. The summed E-state index contributed by atoms with van der Waals surface area (Å²) in [6.07, 6.45) is 7.01. The van der Waals surface area contributed by atoms with Gasteiger partial charge in [0.2, 0.25) is 5.91 Å². The third-order valence-electron chi connectivity index (χ3n) is 5.11.